The van der Waals surface area contributed by atoms with Crippen molar-refractivity contribution in [1.29, 1.82) is 0 Å². The molecule has 0 radical (unpaired) electrons. The Morgan fingerprint density at radius 1 is 1.18 bits per heavy atom. The molecule has 0 unspecified atom stereocenters. The second-order valence-electron chi connectivity index (χ2n) is 7.28. The van der Waals surface area contributed by atoms with Gasteiger partial charge in [-0.3, -0.25) is 10.0 Å². The van der Waals surface area contributed by atoms with Gasteiger partial charge in [-0.2, -0.15) is 0 Å². The van der Waals surface area contributed by atoms with Crippen LogP contribution < -0.4 is 5.48 Å². The highest BCUT2D eigenvalue weighted by Gasteiger charge is 2.19. The molecular weight excluding hydrogens is 379 g/mol. The Labute approximate surface area is 171 Å². The van der Waals surface area contributed by atoms with Crippen molar-refractivity contribution in [3.05, 3.63) is 70.0 Å². The lowest BCUT2D eigenvalue weighted by Crippen LogP contribution is -2.32. The molecule has 0 aromatic heterocycles. The van der Waals surface area contributed by atoms with Gasteiger partial charge in [0.1, 0.15) is 5.82 Å². The van der Waals surface area contributed by atoms with Crippen LogP contribution in [0.2, 0.25) is 5.02 Å². The van der Waals surface area contributed by atoms with Gasteiger partial charge in [0.2, 0.25) is 5.91 Å². The predicted octanol–water partition coefficient (Wildman–Crippen LogP) is 4.41. The van der Waals surface area contributed by atoms with Gasteiger partial charge in [0.05, 0.1) is 0 Å². The summed E-state index contributed by atoms with van der Waals surface area (Å²) >= 11 is 5.91. The Bertz CT molecular complexity index is 768. The van der Waals surface area contributed by atoms with Crippen LogP contribution in [0.25, 0.3) is 0 Å². The first-order valence-corrected chi connectivity index (χ1v) is 9.89. The monoisotopic (exact) mass is 406 g/mol. The zero-order valence-corrected chi connectivity index (χ0v) is 17.2. The van der Waals surface area contributed by atoms with E-state index in [2.05, 4.69) is 4.90 Å². The van der Waals surface area contributed by atoms with Crippen LogP contribution in [0.1, 0.15) is 29.5 Å². The molecule has 2 rings (SSSR count). The van der Waals surface area contributed by atoms with Crippen molar-refractivity contribution in [2.75, 3.05) is 20.1 Å². The number of hydrogen-bond acceptors (Lipinski definition) is 3. The van der Waals surface area contributed by atoms with Crippen molar-refractivity contribution in [1.82, 2.24) is 10.4 Å². The lowest BCUT2D eigenvalue weighted by atomic mass is 9.95. The maximum atomic E-state index is 13.3. The number of hydroxylamine groups is 1. The molecule has 0 spiro atoms. The highest BCUT2D eigenvalue weighted by atomic mass is 35.5. The second kappa shape index (κ2) is 11.1. The fourth-order valence-electron chi connectivity index (χ4n) is 3.23. The van der Waals surface area contributed by atoms with E-state index in [1.54, 1.807) is 24.5 Å². The van der Waals surface area contributed by atoms with E-state index >= 15 is 0 Å². The highest BCUT2D eigenvalue weighted by Crippen LogP contribution is 2.17. The van der Waals surface area contributed by atoms with Crippen LogP contribution in [-0.2, 0) is 17.6 Å². The molecule has 0 saturated heterocycles. The largest absolute Gasteiger partial charge is 0.306 e. The Kier molecular flexibility index (Phi) is 8.90. The van der Waals surface area contributed by atoms with E-state index in [4.69, 9.17) is 16.8 Å². The number of benzene rings is 2. The molecule has 6 heteroatoms. The summed E-state index contributed by atoms with van der Waals surface area (Å²) in [5.41, 5.74) is 4.59. The van der Waals surface area contributed by atoms with Crippen LogP contribution in [0, 0.1) is 18.7 Å². The minimum absolute atomic E-state index is 0.172. The Morgan fingerprint density at radius 3 is 2.50 bits per heavy atom. The molecule has 1 atom stereocenters. The van der Waals surface area contributed by atoms with E-state index in [9.17, 15) is 9.18 Å². The van der Waals surface area contributed by atoms with Crippen LogP contribution in [0.5, 0.6) is 0 Å². The van der Waals surface area contributed by atoms with Gasteiger partial charge < -0.3 is 4.90 Å². The van der Waals surface area contributed by atoms with E-state index in [1.165, 1.54) is 6.07 Å². The summed E-state index contributed by atoms with van der Waals surface area (Å²) in [4.78, 5) is 14.2. The lowest BCUT2D eigenvalue weighted by Gasteiger charge is -2.21. The van der Waals surface area contributed by atoms with Crippen LogP contribution >= 0.6 is 11.6 Å². The van der Waals surface area contributed by atoms with Crippen LogP contribution in [0.15, 0.2) is 42.5 Å². The number of aryl methyl sites for hydroxylation is 2. The van der Waals surface area contributed by atoms with Gasteiger partial charge >= 0.3 is 0 Å². The molecule has 2 N–H and O–H groups in total. The maximum absolute atomic E-state index is 13.3. The highest BCUT2D eigenvalue weighted by molar-refractivity contribution is 6.30. The SMILES string of the molecule is Cc1cc(CCCN(C)CC[C@@H](Cc2ccc(Cl)cc2)C(=O)NO)ccc1F. The fourth-order valence-corrected chi connectivity index (χ4v) is 3.35. The topological polar surface area (TPSA) is 52.6 Å². The number of halogens is 2. The van der Waals surface area contributed by atoms with E-state index in [-0.39, 0.29) is 17.6 Å². The summed E-state index contributed by atoms with van der Waals surface area (Å²) in [5.74, 6) is -0.853. The molecule has 0 aliphatic heterocycles. The van der Waals surface area contributed by atoms with Crippen molar-refractivity contribution in [3.8, 4) is 0 Å². The van der Waals surface area contributed by atoms with E-state index in [0.29, 0.717) is 23.4 Å². The third-order valence-electron chi connectivity index (χ3n) is 4.96. The molecule has 1 amide bonds. The molecule has 152 valence electrons. The molecule has 0 heterocycles. The fraction of sp³-hybridized carbons (Fsp3) is 0.409. The van der Waals surface area contributed by atoms with E-state index in [0.717, 1.165) is 37.1 Å². The normalized spacial score (nSPS) is 12.2. The van der Waals surface area contributed by atoms with Gasteiger partial charge in [-0.05, 0) is 87.6 Å². The molecule has 4 nitrogen and oxygen atoms in total. The van der Waals surface area contributed by atoms with Crippen LogP contribution in [0.3, 0.4) is 0 Å². The number of carbonyl (C=O) groups is 1. The predicted molar refractivity (Wildman–Crippen MR) is 110 cm³/mol. The molecule has 2 aromatic carbocycles. The van der Waals surface area contributed by atoms with Crippen LogP contribution in [0.4, 0.5) is 4.39 Å². The van der Waals surface area contributed by atoms with E-state index < -0.39 is 0 Å². The van der Waals surface area contributed by atoms with Gasteiger partial charge in [0.15, 0.2) is 0 Å². The van der Waals surface area contributed by atoms with E-state index in [1.807, 2.05) is 31.3 Å². The smallest absolute Gasteiger partial charge is 0.246 e. The van der Waals surface area contributed by atoms with Crippen LogP contribution in [-0.4, -0.2) is 36.2 Å². The van der Waals surface area contributed by atoms with Gasteiger partial charge in [-0.25, -0.2) is 9.87 Å². The number of amides is 1. The third kappa shape index (κ3) is 7.23. The number of nitrogens with one attached hydrogen (secondary N) is 1. The zero-order chi connectivity index (χ0) is 20.5. The molecule has 28 heavy (non-hydrogen) atoms. The first-order valence-electron chi connectivity index (χ1n) is 9.51. The lowest BCUT2D eigenvalue weighted by molar-refractivity contribution is -0.133. The summed E-state index contributed by atoms with van der Waals surface area (Å²) in [6, 6.07) is 12.6. The minimum Gasteiger partial charge on any atom is -0.306 e. The first kappa shape index (κ1) is 22.3. The quantitative estimate of drug-likeness (QED) is 0.454. The Morgan fingerprint density at radius 2 is 1.86 bits per heavy atom. The Balaban J connectivity index is 1.79. The maximum Gasteiger partial charge on any atom is 0.246 e. The third-order valence-corrected chi connectivity index (χ3v) is 5.22. The standard InChI is InChI=1S/C22H28ClFN2O2/c1-16-14-17(7-10-21(16)24)4-3-12-26(2)13-11-19(22(27)25-28)15-18-5-8-20(23)9-6-18/h5-10,14,19,28H,3-4,11-13,15H2,1-2H3,(H,25,27)/t19-/m0/s1. The molecule has 0 bridgehead atoms. The number of carbonyl (C=O) groups excluding carboxylic acids is 1. The van der Waals surface area contributed by atoms with Crippen molar-refractivity contribution >= 4 is 17.5 Å². The number of nitrogens with zero attached hydrogens (tertiary/aromatic N) is 1. The molecular formula is C22H28ClFN2O2. The average Bonchev–Trinajstić information content (AvgIpc) is 2.68. The molecule has 0 fully saturated rings. The summed E-state index contributed by atoms with van der Waals surface area (Å²) in [7, 11) is 2.02. The molecule has 2 aromatic rings. The van der Waals surface area contributed by atoms with Crippen molar-refractivity contribution < 1.29 is 14.4 Å². The summed E-state index contributed by atoms with van der Waals surface area (Å²) in [5, 5.41) is 9.70. The molecule has 0 saturated carbocycles. The van der Waals surface area contributed by atoms with Gasteiger partial charge in [-0.1, -0.05) is 35.9 Å². The second-order valence-corrected chi connectivity index (χ2v) is 7.72. The van der Waals surface area contributed by atoms with Gasteiger partial charge in [-0.15, -0.1) is 0 Å². The zero-order valence-electron chi connectivity index (χ0n) is 16.4. The number of hydrogen-bond donors (Lipinski definition) is 2. The summed E-state index contributed by atoms with van der Waals surface area (Å²) in [6.07, 6.45) is 3.03. The van der Waals surface area contributed by atoms with Gasteiger partial charge in [0.25, 0.3) is 0 Å². The molecule has 0 aliphatic carbocycles. The first-order chi connectivity index (χ1) is 13.4. The summed E-state index contributed by atoms with van der Waals surface area (Å²) in [6.45, 7) is 3.40. The average molecular weight is 407 g/mol. The van der Waals surface area contributed by atoms with Crippen molar-refractivity contribution in [2.45, 2.75) is 32.6 Å². The minimum atomic E-state index is -0.370. The van der Waals surface area contributed by atoms with Crippen molar-refractivity contribution in [2.24, 2.45) is 5.92 Å². The van der Waals surface area contributed by atoms with Crippen molar-refractivity contribution in [3.63, 3.8) is 0 Å². The van der Waals surface area contributed by atoms with Gasteiger partial charge in [0, 0.05) is 10.9 Å². The molecule has 0 aliphatic rings. The Hall–Kier alpha value is -1.95. The number of rotatable bonds is 10. The summed E-state index contributed by atoms with van der Waals surface area (Å²) < 4.78 is 13.3.